The highest BCUT2D eigenvalue weighted by Gasteiger charge is 2.10. The minimum Gasteiger partial charge on any atom is -0.493 e. The Balaban J connectivity index is 2.08. The number of benzene rings is 1. The Morgan fingerprint density at radius 2 is 2.25 bits per heavy atom. The van der Waals surface area contributed by atoms with E-state index >= 15 is 0 Å². The smallest absolute Gasteiger partial charge is 0.307 e. The van der Waals surface area contributed by atoms with Crippen molar-refractivity contribution < 1.29 is 14.4 Å². The second kappa shape index (κ2) is 7.58. The van der Waals surface area contributed by atoms with Crippen LogP contribution in [0.3, 0.4) is 0 Å². The van der Waals surface area contributed by atoms with Gasteiger partial charge in [0.25, 0.3) is 0 Å². The van der Waals surface area contributed by atoms with E-state index in [9.17, 15) is 10.1 Å². The number of nitrogens with zero attached hydrogens (tertiary/aromatic N) is 5. The van der Waals surface area contributed by atoms with Crippen LogP contribution < -0.4 is 20.9 Å². The van der Waals surface area contributed by atoms with Crippen molar-refractivity contribution in [1.82, 2.24) is 9.78 Å². The number of nitrogens with two attached hydrogens (primary N) is 2. The van der Waals surface area contributed by atoms with Gasteiger partial charge in [0.2, 0.25) is 5.96 Å². The highest BCUT2D eigenvalue weighted by Crippen LogP contribution is 2.28. The van der Waals surface area contributed by atoms with E-state index in [1.54, 1.807) is 18.2 Å². The summed E-state index contributed by atoms with van der Waals surface area (Å²) in [7, 11) is 1.48. The first-order valence-electron chi connectivity index (χ1n) is 6.59. The number of nitro groups is 1. The molecule has 0 unspecified atom stereocenters. The van der Waals surface area contributed by atoms with E-state index in [0.29, 0.717) is 17.1 Å². The molecule has 0 atom stereocenters. The summed E-state index contributed by atoms with van der Waals surface area (Å²) in [4.78, 5) is 10.1. The summed E-state index contributed by atoms with van der Waals surface area (Å²) in [5.41, 5.74) is 10.9. The van der Waals surface area contributed by atoms with Gasteiger partial charge in [-0.05, 0) is 23.8 Å². The maximum Gasteiger partial charge on any atom is 0.307 e. The lowest BCUT2D eigenvalue weighted by molar-refractivity contribution is -0.385. The van der Waals surface area contributed by atoms with Crippen LogP contribution in [0.25, 0.3) is 0 Å². The van der Waals surface area contributed by atoms with Crippen molar-refractivity contribution in [3.63, 3.8) is 0 Å². The molecule has 0 saturated heterocycles. The number of methoxy groups -OCH3 is 1. The zero-order chi connectivity index (χ0) is 17.5. The quantitative estimate of drug-likeness (QED) is 0.322. The van der Waals surface area contributed by atoms with Crippen LogP contribution in [0, 0.1) is 10.1 Å². The van der Waals surface area contributed by atoms with Crippen LogP contribution in [0.1, 0.15) is 5.56 Å². The van der Waals surface area contributed by atoms with Crippen molar-refractivity contribution in [1.29, 1.82) is 0 Å². The highest BCUT2D eigenvalue weighted by molar-refractivity contribution is 5.82. The van der Waals surface area contributed by atoms with Gasteiger partial charge in [0.1, 0.15) is 12.4 Å². The molecule has 1 aromatic carbocycles. The summed E-state index contributed by atoms with van der Waals surface area (Å²) in [6.07, 6.45) is 3.86. The van der Waals surface area contributed by atoms with Crippen LogP contribution in [-0.2, 0) is 6.73 Å². The molecule has 1 aromatic heterocycles. The highest BCUT2D eigenvalue weighted by atomic mass is 16.6. The van der Waals surface area contributed by atoms with Crippen molar-refractivity contribution in [2.45, 2.75) is 6.73 Å². The fraction of sp³-hybridized carbons (Fsp3) is 0.154. The van der Waals surface area contributed by atoms with E-state index in [4.69, 9.17) is 20.9 Å². The number of hydrogen-bond acceptors (Lipinski definition) is 7. The van der Waals surface area contributed by atoms with Gasteiger partial charge in [0.05, 0.1) is 18.2 Å². The molecular weight excluding hydrogens is 318 g/mol. The summed E-state index contributed by atoms with van der Waals surface area (Å²) in [5.74, 6) is 0.742. The molecule has 0 radical (unpaired) electrons. The van der Waals surface area contributed by atoms with Crippen LogP contribution in [0.2, 0.25) is 0 Å². The van der Waals surface area contributed by atoms with Crippen molar-refractivity contribution in [3.8, 4) is 11.5 Å². The van der Waals surface area contributed by atoms with E-state index in [-0.39, 0.29) is 18.4 Å². The van der Waals surface area contributed by atoms with Gasteiger partial charge in [-0.1, -0.05) is 0 Å². The largest absolute Gasteiger partial charge is 0.493 e. The summed E-state index contributed by atoms with van der Waals surface area (Å²) >= 11 is 0. The molecule has 0 bridgehead atoms. The molecule has 0 fully saturated rings. The van der Waals surface area contributed by atoms with Gasteiger partial charge in [0, 0.05) is 0 Å². The maximum atomic E-state index is 10.6. The second-order valence-electron chi connectivity index (χ2n) is 4.45. The van der Waals surface area contributed by atoms with Crippen LogP contribution in [0.15, 0.2) is 40.8 Å². The van der Waals surface area contributed by atoms with E-state index in [0.717, 1.165) is 6.20 Å². The molecule has 11 nitrogen and oxygen atoms in total. The summed E-state index contributed by atoms with van der Waals surface area (Å²) in [6.45, 7) is -0.00830. The Bertz CT molecular complexity index is 780. The lowest BCUT2D eigenvalue weighted by atomic mass is 10.2. The monoisotopic (exact) mass is 333 g/mol. The van der Waals surface area contributed by atoms with Gasteiger partial charge < -0.3 is 20.9 Å². The molecular formula is C13H15N7O4. The average Bonchev–Trinajstić information content (AvgIpc) is 3.02. The Morgan fingerprint density at radius 1 is 1.46 bits per heavy atom. The third kappa shape index (κ3) is 4.43. The maximum absolute atomic E-state index is 10.6. The average molecular weight is 333 g/mol. The van der Waals surface area contributed by atoms with Gasteiger partial charge in [-0.15, -0.1) is 5.10 Å². The van der Waals surface area contributed by atoms with Gasteiger partial charge in [-0.2, -0.15) is 10.2 Å². The first-order valence-corrected chi connectivity index (χ1v) is 6.59. The summed E-state index contributed by atoms with van der Waals surface area (Å²) in [6, 6.07) is 5.05. The van der Waals surface area contributed by atoms with E-state index in [2.05, 4.69) is 15.3 Å². The zero-order valence-corrected chi connectivity index (χ0v) is 12.7. The summed E-state index contributed by atoms with van der Waals surface area (Å²) < 4.78 is 12.1. The standard InChI is InChI=1S/C13H15N7O4/c1-23-12-4-9(5-16-18-13(14)15)2-3-11(12)24-8-19-7-10(6-17-19)20(21)22/h2-7H,8H2,1H3,(H4,14,15,18). The fourth-order valence-corrected chi connectivity index (χ4v) is 1.70. The van der Waals surface area contributed by atoms with Gasteiger partial charge in [-0.3, -0.25) is 10.1 Å². The molecule has 0 spiro atoms. The predicted molar refractivity (Wildman–Crippen MR) is 85.9 cm³/mol. The van der Waals surface area contributed by atoms with Crippen molar-refractivity contribution >= 4 is 17.9 Å². The van der Waals surface area contributed by atoms with Crippen LogP contribution >= 0.6 is 0 Å². The Hall–Kier alpha value is -3.63. The molecule has 11 heteroatoms. The predicted octanol–water partition coefficient (Wildman–Crippen LogP) is 0.444. The van der Waals surface area contributed by atoms with Crippen molar-refractivity contribution in [3.05, 3.63) is 46.3 Å². The number of rotatable bonds is 7. The van der Waals surface area contributed by atoms with Gasteiger partial charge in [-0.25, -0.2) is 4.68 Å². The molecule has 0 aliphatic heterocycles. The number of guanidine groups is 1. The van der Waals surface area contributed by atoms with E-state index in [1.165, 1.54) is 24.2 Å². The number of hydrogen-bond donors (Lipinski definition) is 2. The van der Waals surface area contributed by atoms with Crippen LogP contribution in [0.4, 0.5) is 5.69 Å². The molecule has 0 amide bonds. The first kappa shape index (κ1) is 16.7. The number of ether oxygens (including phenoxy) is 2. The molecule has 24 heavy (non-hydrogen) atoms. The Kier molecular flexibility index (Phi) is 5.28. The minimum atomic E-state index is -0.533. The SMILES string of the molecule is COc1cc(C=NN=C(N)N)ccc1OCn1cc([N+](=O)[O-])cn1. The second-order valence-corrected chi connectivity index (χ2v) is 4.45. The molecule has 126 valence electrons. The summed E-state index contributed by atoms with van der Waals surface area (Å²) in [5, 5.41) is 21.6. The van der Waals surface area contributed by atoms with Crippen molar-refractivity contribution in [2.24, 2.45) is 21.7 Å². The third-order valence-electron chi connectivity index (χ3n) is 2.75. The fourth-order valence-electron chi connectivity index (χ4n) is 1.70. The zero-order valence-electron chi connectivity index (χ0n) is 12.7. The molecule has 1 heterocycles. The molecule has 0 aliphatic rings. The van der Waals surface area contributed by atoms with Crippen LogP contribution in [0.5, 0.6) is 11.5 Å². The van der Waals surface area contributed by atoms with Gasteiger partial charge >= 0.3 is 5.69 Å². The Labute approximate surface area is 136 Å². The third-order valence-corrected chi connectivity index (χ3v) is 2.75. The minimum absolute atomic E-state index is 0.00830. The lowest BCUT2D eigenvalue weighted by Crippen LogP contribution is -2.21. The topological polar surface area (TPSA) is 156 Å². The number of aromatic nitrogens is 2. The van der Waals surface area contributed by atoms with Gasteiger partial charge in [0.15, 0.2) is 18.2 Å². The molecule has 2 rings (SSSR count). The Morgan fingerprint density at radius 3 is 2.88 bits per heavy atom. The molecule has 0 saturated carbocycles. The molecule has 2 aromatic rings. The normalized spacial score (nSPS) is 10.5. The van der Waals surface area contributed by atoms with E-state index < -0.39 is 4.92 Å². The molecule has 4 N–H and O–H groups in total. The first-order chi connectivity index (χ1) is 11.5. The molecule has 0 aliphatic carbocycles. The van der Waals surface area contributed by atoms with Crippen LogP contribution in [-0.4, -0.2) is 34.0 Å². The lowest BCUT2D eigenvalue weighted by Gasteiger charge is -2.10. The van der Waals surface area contributed by atoms with Crippen molar-refractivity contribution in [2.75, 3.05) is 7.11 Å². The van der Waals surface area contributed by atoms with E-state index in [1.807, 2.05) is 0 Å².